The molecule has 0 unspecified atom stereocenters. The zero-order valence-corrected chi connectivity index (χ0v) is 9.46. The van der Waals surface area contributed by atoms with E-state index in [0.717, 1.165) is 0 Å². The number of halogens is 1. The van der Waals surface area contributed by atoms with Crippen LogP contribution in [0.2, 0.25) is 0 Å². The van der Waals surface area contributed by atoms with E-state index < -0.39 is 0 Å². The van der Waals surface area contributed by atoms with Crippen LogP contribution in [0.3, 0.4) is 0 Å². The lowest BCUT2D eigenvalue weighted by Gasteiger charge is -2.16. The number of allylic oxidation sites excluding steroid dienone is 2. The van der Waals surface area contributed by atoms with Gasteiger partial charge in [0.25, 0.3) is 0 Å². The molecule has 1 N–H and O–H groups in total. The third-order valence-corrected chi connectivity index (χ3v) is 3.34. The van der Waals surface area contributed by atoms with E-state index in [-0.39, 0.29) is 32.9 Å². The zero-order valence-electron chi connectivity index (χ0n) is 7.87. The molecule has 1 aromatic carbocycles. The topological polar surface area (TPSA) is 54.4 Å². The molecular formula is C11H7BrO3. The number of benzene rings is 1. The van der Waals surface area contributed by atoms with Crippen molar-refractivity contribution in [2.75, 3.05) is 0 Å². The van der Waals surface area contributed by atoms with Crippen LogP contribution in [0.1, 0.15) is 27.6 Å². The number of hydrogen-bond donors (Lipinski definition) is 1. The summed E-state index contributed by atoms with van der Waals surface area (Å²) in [6, 6.07) is 4.47. The summed E-state index contributed by atoms with van der Waals surface area (Å²) in [6.07, 6.45) is 0. The summed E-state index contributed by atoms with van der Waals surface area (Å²) in [4.78, 5) is 23.5. The van der Waals surface area contributed by atoms with Gasteiger partial charge in [-0.2, -0.15) is 0 Å². The van der Waals surface area contributed by atoms with E-state index in [1.54, 1.807) is 13.0 Å². The number of carbonyl (C=O) groups is 2. The Morgan fingerprint density at radius 3 is 2.53 bits per heavy atom. The summed E-state index contributed by atoms with van der Waals surface area (Å²) < 4.78 is 0.269. The number of phenols is 1. The molecule has 0 aliphatic heterocycles. The van der Waals surface area contributed by atoms with E-state index in [4.69, 9.17) is 0 Å². The molecule has 1 aromatic rings. The average Bonchev–Trinajstić information content (AvgIpc) is 2.23. The fourth-order valence-corrected chi connectivity index (χ4v) is 1.94. The van der Waals surface area contributed by atoms with Crippen molar-refractivity contribution in [1.29, 1.82) is 0 Å². The summed E-state index contributed by atoms with van der Waals surface area (Å²) in [5, 5.41) is 9.54. The molecule has 3 nitrogen and oxygen atoms in total. The number of Topliss-reactive ketones (excluding diaryl/α,β-unsaturated/α-hetero) is 2. The number of aromatic hydroxyl groups is 1. The minimum atomic E-state index is -0.311. The second-order valence-corrected chi connectivity index (χ2v) is 4.09. The number of hydrogen-bond acceptors (Lipinski definition) is 3. The van der Waals surface area contributed by atoms with Crippen LogP contribution in [0.15, 0.2) is 28.3 Å². The SMILES string of the molecule is CC1=C(Br)C(=O)c2cccc(O)c2C1=O. The number of rotatable bonds is 0. The molecule has 0 saturated heterocycles. The molecule has 4 heteroatoms. The molecule has 0 saturated carbocycles. The Kier molecular flexibility index (Phi) is 2.23. The molecule has 2 rings (SSSR count). The van der Waals surface area contributed by atoms with Crippen molar-refractivity contribution in [3.8, 4) is 5.75 Å². The molecule has 0 radical (unpaired) electrons. The second kappa shape index (κ2) is 3.31. The predicted molar refractivity (Wildman–Crippen MR) is 58.4 cm³/mol. The first kappa shape index (κ1) is 10.1. The van der Waals surface area contributed by atoms with E-state index in [9.17, 15) is 14.7 Å². The van der Waals surface area contributed by atoms with Gasteiger partial charge in [-0.25, -0.2) is 0 Å². The van der Waals surface area contributed by atoms with E-state index in [1.807, 2.05) is 0 Å². The fourth-order valence-electron chi connectivity index (χ4n) is 1.54. The smallest absolute Gasteiger partial charge is 0.201 e. The molecule has 1 aliphatic carbocycles. The Bertz CT molecular complexity index is 515. The molecule has 0 atom stereocenters. The van der Waals surface area contributed by atoms with Gasteiger partial charge in [-0.1, -0.05) is 6.07 Å². The van der Waals surface area contributed by atoms with Gasteiger partial charge in [0.05, 0.1) is 10.0 Å². The monoisotopic (exact) mass is 266 g/mol. The quantitative estimate of drug-likeness (QED) is 0.785. The molecule has 15 heavy (non-hydrogen) atoms. The number of phenolic OH excluding ortho intramolecular Hbond substituents is 1. The number of ketones is 2. The van der Waals surface area contributed by atoms with Gasteiger partial charge < -0.3 is 5.11 Å². The van der Waals surface area contributed by atoms with Crippen molar-refractivity contribution in [3.05, 3.63) is 39.4 Å². The first-order valence-electron chi connectivity index (χ1n) is 4.31. The Balaban J connectivity index is 2.79. The highest BCUT2D eigenvalue weighted by molar-refractivity contribution is 9.12. The van der Waals surface area contributed by atoms with Gasteiger partial charge in [0, 0.05) is 11.1 Å². The van der Waals surface area contributed by atoms with Crippen molar-refractivity contribution in [3.63, 3.8) is 0 Å². The maximum Gasteiger partial charge on any atom is 0.201 e. The summed E-state index contributed by atoms with van der Waals surface area (Å²) in [5.41, 5.74) is 0.676. The fraction of sp³-hybridized carbons (Fsp3) is 0.0909. The van der Waals surface area contributed by atoms with Gasteiger partial charge in [0.15, 0.2) is 5.78 Å². The van der Waals surface area contributed by atoms with Gasteiger partial charge in [-0.15, -0.1) is 0 Å². The van der Waals surface area contributed by atoms with E-state index in [0.29, 0.717) is 5.57 Å². The van der Waals surface area contributed by atoms with Gasteiger partial charge >= 0.3 is 0 Å². The van der Waals surface area contributed by atoms with E-state index in [2.05, 4.69) is 15.9 Å². The van der Waals surface area contributed by atoms with E-state index in [1.165, 1.54) is 12.1 Å². The third kappa shape index (κ3) is 1.33. The lowest BCUT2D eigenvalue weighted by atomic mass is 9.89. The van der Waals surface area contributed by atoms with Crippen LogP contribution in [-0.4, -0.2) is 16.7 Å². The van der Waals surface area contributed by atoms with Crippen LogP contribution in [-0.2, 0) is 0 Å². The number of carbonyl (C=O) groups excluding carboxylic acids is 2. The summed E-state index contributed by atoms with van der Waals surface area (Å²) in [5.74, 6) is -0.724. The molecule has 0 amide bonds. The van der Waals surface area contributed by atoms with Crippen LogP contribution >= 0.6 is 15.9 Å². The van der Waals surface area contributed by atoms with Crippen molar-refractivity contribution in [2.24, 2.45) is 0 Å². The van der Waals surface area contributed by atoms with Gasteiger partial charge in [0.2, 0.25) is 5.78 Å². The lowest BCUT2D eigenvalue weighted by molar-refractivity contribution is 0.0979. The first-order chi connectivity index (χ1) is 7.04. The first-order valence-corrected chi connectivity index (χ1v) is 5.11. The number of fused-ring (bicyclic) bond motifs is 1. The van der Waals surface area contributed by atoms with Crippen molar-refractivity contribution in [1.82, 2.24) is 0 Å². The minimum absolute atomic E-state index is 0.100. The third-order valence-electron chi connectivity index (χ3n) is 2.38. The molecule has 0 fully saturated rings. The van der Waals surface area contributed by atoms with Crippen LogP contribution in [0.25, 0.3) is 0 Å². The zero-order chi connectivity index (χ0) is 11.2. The van der Waals surface area contributed by atoms with Crippen molar-refractivity contribution in [2.45, 2.75) is 6.92 Å². The van der Waals surface area contributed by atoms with Crippen LogP contribution < -0.4 is 0 Å². The van der Waals surface area contributed by atoms with E-state index >= 15 is 0 Å². The largest absolute Gasteiger partial charge is 0.507 e. The van der Waals surface area contributed by atoms with Crippen LogP contribution in [0, 0.1) is 0 Å². The minimum Gasteiger partial charge on any atom is -0.507 e. The molecule has 0 bridgehead atoms. The Hall–Kier alpha value is -1.42. The van der Waals surface area contributed by atoms with Gasteiger partial charge in [-0.05, 0) is 35.0 Å². The molecule has 76 valence electrons. The maximum atomic E-state index is 11.8. The normalized spacial score (nSPS) is 15.6. The summed E-state index contributed by atoms with van der Waals surface area (Å²) in [6.45, 7) is 1.56. The molecule has 0 spiro atoms. The van der Waals surface area contributed by atoms with Crippen LogP contribution in [0.4, 0.5) is 0 Å². The molecule has 0 heterocycles. The molecular weight excluding hydrogens is 260 g/mol. The van der Waals surface area contributed by atoms with Gasteiger partial charge in [-0.3, -0.25) is 9.59 Å². The standard InChI is InChI=1S/C11H7BrO3/c1-5-9(12)11(15)6-3-2-4-7(13)8(6)10(5)14/h2-4,13H,1H3. The Morgan fingerprint density at radius 1 is 1.20 bits per heavy atom. The highest BCUT2D eigenvalue weighted by Crippen LogP contribution is 2.33. The second-order valence-electron chi connectivity index (χ2n) is 3.30. The lowest BCUT2D eigenvalue weighted by Crippen LogP contribution is -2.18. The van der Waals surface area contributed by atoms with Crippen molar-refractivity contribution >= 4 is 27.5 Å². The summed E-state index contributed by atoms with van der Waals surface area (Å²) >= 11 is 3.08. The highest BCUT2D eigenvalue weighted by atomic mass is 79.9. The highest BCUT2D eigenvalue weighted by Gasteiger charge is 2.30. The Morgan fingerprint density at radius 2 is 1.87 bits per heavy atom. The van der Waals surface area contributed by atoms with Crippen LogP contribution in [0.5, 0.6) is 5.75 Å². The molecule has 0 aromatic heterocycles. The Labute approximate surface area is 94.5 Å². The maximum absolute atomic E-state index is 11.8. The van der Waals surface area contributed by atoms with Crippen molar-refractivity contribution < 1.29 is 14.7 Å². The summed E-state index contributed by atoms with van der Waals surface area (Å²) in [7, 11) is 0. The average molecular weight is 267 g/mol. The molecule has 1 aliphatic rings. The predicted octanol–water partition coefficient (Wildman–Crippen LogP) is 2.44. The van der Waals surface area contributed by atoms with Gasteiger partial charge in [0.1, 0.15) is 5.75 Å².